The number of nitrogens with one attached hydrogen (secondary N) is 2. The zero-order valence-corrected chi connectivity index (χ0v) is 19.2. The molecule has 1 aromatic heterocycles. The summed E-state index contributed by atoms with van der Waals surface area (Å²) in [6, 6.07) is 9.17. The Morgan fingerprint density at radius 1 is 1.33 bits per heavy atom. The lowest BCUT2D eigenvalue weighted by Gasteiger charge is -2.17. The fraction of sp³-hybridized carbons (Fsp3) is 0.500. The molecular weight excluding hydrogens is 469 g/mol. The smallest absolute Gasteiger partial charge is 0.191 e. The van der Waals surface area contributed by atoms with Crippen LogP contribution < -0.4 is 10.6 Å². The summed E-state index contributed by atoms with van der Waals surface area (Å²) >= 11 is 1.98. The van der Waals surface area contributed by atoms with Crippen molar-refractivity contribution >= 4 is 41.7 Å². The van der Waals surface area contributed by atoms with Gasteiger partial charge in [-0.15, -0.1) is 24.0 Å². The van der Waals surface area contributed by atoms with Crippen LogP contribution in [0.15, 0.2) is 48.0 Å². The van der Waals surface area contributed by atoms with Crippen LogP contribution in [-0.4, -0.2) is 39.6 Å². The molecule has 1 aliphatic rings. The minimum Gasteiger partial charge on any atom is -0.357 e. The van der Waals surface area contributed by atoms with E-state index in [4.69, 9.17) is 4.99 Å². The van der Waals surface area contributed by atoms with Gasteiger partial charge in [-0.05, 0) is 43.6 Å². The molecule has 2 aromatic rings. The summed E-state index contributed by atoms with van der Waals surface area (Å²) in [6.45, 7) is 4.52. The zero-order chi connectivity index (χ0) is 18.2. The standard InChI is InChI=1S/C20H29N5S.HI/c1-3-22-20(24-18-7-8-19(12-18)26-2)23-13-16-5-4-6-17(11-16)14-25-10-9-21-15-25;/h4-6,9-11,15,18-19H,3,7-8,12-14H2,1-2H3,(H2,22,23,24);1H. The number of aromatic nitrogens is 2. The maximum Gasteiger partial charge on any atom is 0.191 e. The normalized spacial score (nSPS) is 19.6. The molecule has 2 N–H and O–H groups in total. The number of aliphatic imine (C=N–C) groups is 1. The molecule has 0 bridgehead atoms. The fourth-order valence-electron chi connectivity index (χ4n) is 3.39. The number of hydrogen-bond acceptors (Lipinski definition) is 3. The van der Waals surface area contributed by atoms with Gasteiger partial charge in [-0.3, -0.25) is 0 Å². The fourth-order valence-corrected chi connectivity index (χ4v) is 4.18. The molecule has 3 rings (SSSR count). The van der Waals surface area contributed by atoms with E-state index < -0.39 is 0 Å². The highest BCUT2D eigenvalue weighted by Crippen LogP contribution is 2.28. The molecule has 1 saturated carbocycles. The van der Waals surface area contributed by atoms with Crippen LogP contribution >= 0.6 is 35.7 Å². The second kappa shape index (κ2) is 11.6. The first-order valence-electron chi connectivity index (χ1n) is 9.38. The summed E-state index contributed by atoms with van der Waals surface area (Å²) in [7, 11) is 0. The third kappa shape index (κ3) is 7.03. The summed E-state index contributed by atoms with van der Waals surface area (Å²) in [6.07, 6.45) is 11.6. The van der Waals surface area contributed by atoms with Gasteiger partial charge in [-0.2, -0.15) is 11.8 Å². The second-order valence-electron chi connectivity index (χ2n) is 6.76. The number of nitrogens with zero attached hydrogens (tertiary/aromatic N) is 3. The van der Waals surface area contributed by atoms with Crippen LogP contribution in [0.2, 0.25) is 0 Å². The average molecular weight is 499 g/mol. The van der Waals surface area contributed by atoms with Crippen molar-refractivity contribution in [2.75, 3.05) is 12.8 Å². The number of halogens is 1. The van der Waals surface area contributed by atoms with Gasteiger partial charge in [0.15, 0.2) is 5.96 Å². The van der Waals surface area contributed by atoms with E-state index in [0.29, 0.717) is 12.6 Å². The van der Waals surface area contributed by atoms with Crippen molar-refractivity contribution in [1.29, 1.82) is 0 Å². The Kier molecular flexibility index (Phi) is 9.47. The third-order valence-electron chi connectivity index (χ3n) is 4.74. The maximum absolute atomic E-state index is 4.80. The summed E-state index contributed by atoms with van der Waals surface area (Å²) in [5.41, 5.74) is 2.50. The van der Waals surface area contributed by atoms with Crippen LogP contribution in [0, 0.1) is 0 Å². The molecule has 1 aliphatic carbocycles. The maximum atomic E-state index is 4.80. The number of rotatable bonds is 7. The lowest BCUT2D eigenvalue weighted by molar-refractivity contribution is 0.615. The van der Waals surface area contributed by atoms with Crippen LogP contribution in [0.3, 0.4) is 0 Å². The van der Waals surface area contributed by atoms with Crippen molar-refractivity contribution < 1.29 is 0 Å². The average Bonchev–Trinajstić information content (AvgIpc) is 3.32. The number of guanidine groups is 1. The molecule has 27 heavy (non-hydrogen) atoms. The molecule has 2 unspecified atom stereocenters. The van der Waals surface area contributed by atoms with Crippen LogP contribution in [0.5, 0.6) is 0 Å². The van der Waals surface area contributed by atoms with E-state index in [1.165, 1.54) is 30.4 Å². The molecule has 148 valence electrons. The molecule has 0 spiro atoms. The van der Waals surface area contributed by atoms with Crippen LogP contribution in [0.1, 0.15) is 37.3 Å². The van der Waals surface area contributed by atoms with Gasteiger partial charge >= 0.3 is 0 Å². The molecule has 1 heterocycles. The number of hydrogen-bond donors (Lipinski definition) is 2. The van der Waals surface area contributed by atoms with Gasteiger partial charge in [0.25, 0.3) is 0 Å². The Labute approximate surface area is 183 Å². The molecule has 0 radical (unpaired) electrons. The van der Waals surface area contributed by atoms with E-state index in [1.54, 1.807) is 0 Å². The van der Waals surface area contributed by atoms with Crippen molar-refractivity contribution in [3.8, 4) is 0 Å². The van der Waals surface area contributed by atoms with Crippen molar-refractivity contribution in [3.05, 3.63) is 54.1 Å². The van der Waals surface area contributed by atoms with Gasteiger partial charge in [0, 0.05) is 36.8 Å². The van der Waals surface area contributed by atoms with Crippen molar-refractivity contribution in [2.45, 2.75) is 50.6 Å². The first-order valence-corrected chi connectivity index (χ1v) is 10.7. The van der Waals surface area contributed by atoms with Gasteiger partial charge in [0.1, 0.15) is 0 Å². The molecular formula is C20H30IN5S. The van der Waals surface area contributed by atoms with Gasteiger partial charge in [0.2, 0.25) is 0 Å². The topological polar surface area (TPSA) is 54.2 Å². The molecule has 0 saturated heterocycles. The van der Waals surface area contributed by atoms with E-state index in [9.17, 15) is 0 Å². The molecule has 5 nitrogen and oxygen atoms in total. The van der Waals surface area contributed by atoms with E-state index in [0.717, 1.165) is 24.3 Å². The zero-order valence-electron chi connectivity index (χ0n) is 16.1. The minimum atomic E-state index is 0. The van der Waals surface area contributed by atoms with Crippen LogP contribution in [0.25, 0.3) is 0 Å². The highest BCUT2D eigenvalue weighted by molar-refractivity contribution is 14.0. The Bertz CT molecular complexity index is 704. The van der Waals surface area contributed by atoms with E-state index in [-0.39, 0.29) is 24.0 Å². The highest BCUT2D eigenvalue weighted by Gasteiger charge is 2.24. The number of imidazole rings is 1. The van der Waals surface area contributed by atoms with Gasteiger partial charge in [-0.25, -0.2) is 9.98 Å². The van der Waals surface area contributed by atoms with Crippen LogP contribution in [0.4, 0.5) is 0 Å². The van der Waals surface area contributed by atoms with Crippen LogP contribution in [-0.2, 0) is 13.1 Å². The molecule has 1 aromatic carbocycles. The molecule has 7 heteroatoms. The summed E-state index contributed by atoms with van der Waals surface area (Å²) in [5.74, 6) is 0.930. The largest absolute Gasteiger partial charge is 0.357 e. The predicted octanol–water partition coefficient (Wildman–Crippen LogP) is 3.89. The van der Waals surface area contributed by atoms with E-state index in [1.807, 2.05) is 30.5 Å². The lowest BCUT2D eigenvalue weighted by atomic mass is 10.1. The predicted molar refractivity (Wildman–Crippen MR) is 126 cm³/mol. The van der Waals surface area contributed by atoms with E-state index >= 15 is 0 Å². The van der Waals surface area contributed by atoms with Crippen molar-refractivity contribution in [1.82, 2.24) is 20.2 Å². The molecule has 0 amide bonds. The van der Waals surface area contributed by atoms with Gasteiger partial charge < -0.3 is 15.2 Å². The summed E-state index contributed by atoms with van der Waals surface area (Å²) in [5, 5.41) is 7.79. The molecule has 0 aliphatic heterocycles. The summed E-state index contributed by atoms with van der Waals surface area (Å²) in [4.78, 5) is 8.91. The van der Waals surface area contributed by atoms with Gasteiger partial charge in [0.05, 0.1) is 12.9 Å². The Morgan fingerprint density at radius 2 is 2.19 bits per heavy atom. The first kappa shape index (κ1) is 22.1. The summed E-state index contributed by atoms with van der Waals surface area (Å²) < 4.78 is 2.08. The molecule has 1 fully saturated rings. The molecule has 2 atom stereocenters. The monoisotopic (exact) mass is 499 g/mol. The van der Waals surface area contributed by atoms with Gasteiger partial charge in [-0.1, -0.05) is 24.3 Å². The van der Waals surface area contributed by atoms with Crippen molar-refractivity contribution in [3.63, 3.8) is 0 Å². The quantitative estimate of drug-likeness (QED) is 0.345. The number of thioether (sulfide) groups is 1. The lowest BCUT2D eigenvalue weighted by Crippen LogP contribution is -2.42. The SMILES string of the molecule is CCNC(=NCc1cccc(Cn2ccnc2)c1)NC1CCC(SC)C1.I. The third-order valence-corrected chi connectivity index (χ3v) is 5.83. The Balaban J connectivity index is 0.00000261. The number of benzene rings is 1. The highest BCUT2D eigenvalue weighted by atomic mass is 127. The second-order valence-corrected chi connectivity index (χ2v) is 7.90. The first-order chi connectivity index (χ1) is 12.8. The van der Waals surface area contributed by atoms with Crippen molar-refractivity contribution in [2.24, 2.45) is 4.99 Å². The Hall–Kier alpha value is -1.22. The van der Waals surface area contributed by atoms with E-state index in [2.05, 4.69) is 57.6 Å². The minimum absolute atomic E-state index is 0. The Morgan fingerprint density at radius 3 is 2.89 bits per heavy atom.